The molecule has 3 aromatic rings. The van der Waals surface area contributed by atoms with Crippen molar-refractivity contribution in [1.29, 1.82) is 0 Å². The second-order valence-electron chi connectivity index (χ2n) is 8.93. The third kappa shape index (κ3) is 6.14. The monoisotopic (exact) mass is 471 g/mol. The van der Waals surface area contributed by atoms with E-state index in [0.29, 0.717) is 21.5 Å². The highest BCUT2D eigenvalue weighted by Crippen LogP contribution is 2.24. The molecule has 1 amide bonds. The van der Waals surface area contributed by atoms with Gasteiger partial charge in [-0.1, -0.05) is 37.6 Å². The molecule has 0 aliphatic heterocycles. The zero-order chi connectivity index (χ0) is 24.3. The molecule has 0 bridgehead atoms. The van der Waals surface area contributed by atoms with Crippen LogP contribution >= 0.6 is 11.6 Å². The molecule has 1 aromatic heterocycles. The summed E-state index contributed by atoms with van der Waals surface area (Å²) >= 11 is 5.92. The Morgan fingerprint density at radius 3 is 2.33 bits per heavy atom. The van der Waals surface area contributed by atoms with Gasteiger partial charge in [0, 0.05) is 11.1 Å². The van der Waals surface area contributed by atoms with Crippen LogP contribution in [0.25, 0.3) is 22.1 Å². The van der Waals surface area contributed by atoms with Crippen molar-refractivity contribution in [3.05, 3.63) is 64.0 Å². The van der Waals surface area contributed by atoms with Crippen LogP contribution in [0.3, 0.4) is 0 Å². The first-order chi connectivity index (χ1) is 15.4. The van der Waals surface area contributed by atoms with E-state index in [-0.39, 0.29) is 22.7 Å². The van der Waals surface area contributed by atoms with E-state index in [1.54, 1.807) is 58.9 Å². The van der Waals surface area contributed by atoms with Crippen molar-refractivity contribution in [3.63, 3.8) is 0 Å². The number of carbonyl (C=O) groups is 2. The lowest BCUT2D eigenvalue weighted by molar-refractivity contribution is -0.137. The van der Waals surface area contributed by atoms with Gasteiger partial charge < -0.3 is 19.2 Å². The van der Waals surface area contributed by atoms with Gasteiger partial charge in [-0.15, -0.1) is 0 Å². The molecule has 8 heteroatoms. The minimum Gasteiger partial charge on any atom is -0.463 e. The molecule has 1 heterocycles. The van der Waals surface area contributed by atoms with Crippen molar-refractivity contribution in [1.82, 2.24) is 5.32 Å². The van der Waals surface area contributed by atoms with Gasteiger partial charge in [0.05, 0.1) is 10.9 Å². The fraction of sp³-hybridized carbons (Fsp3) is 0.320. The Bertz CT molecular complexity index is 1220. The van der Waals surface area contributed by atoms with E-state index in [0.717, 1.165) is 0 Å². The van der Waals surface area contributed by atoms with Gasteiger partial charge in [0.1, 0.15) is 29.2 Å². The number of ether oxygens (including phenoxy) is 2. The SMILES string of the molecule is CC(C)[C@@H](NC(=O)OC(C)(C)C)C(=O)Oc1ccc2c(=O)c(-c3ccc(Cl)cc3)coc2c1. The third-order valence-corrected chi connectivity index (χ3v) is 4.96. The van der Waals surface area contributed by atoms with E-state index >= 15 is 0 Å². The molecule has 0 saturated heterocycles. The van der Waals surface area contributed by atoms with Crippen LogP contribution in [0.15, 0.2) is 57.9 Å². The molecule has 0 radical (unpaired) electrons. The number of esters is 1. The van der Waals surface area contributed by atoms with Crippen molar-refractivity contribution in [2.24, 2.45) is 5.92 Å². The highest BCUT2D eigenvalue weighted by atomic mass is 35.5. The molecule has 1 atom stereocenters. The topological polar surface area (TPSA) is 94.8 Å². The van der Waals surface area contributed by atoms with Gasteiger partial charge in [0.2, 0.25) is 0 Å². The Balaban J connectivity index is 1.81. The summed E-state index contributed by atoms with van der Waals surface area (Å²) in [5.41, 5.74) is 0.423. The summed E-state index contributed by atoms with van der Waals surface area (Å²) in [6.07, 6.45) is 0.651. The highest BCUT2D eigenvalue weighted by Gasteiger charge is 2.28. The van der Waals surface area contributed by atoms with Gasteiger partial charge in [-0.25, -0.2) is 9.59 Å². The van der Waals surface area contributed by atoms with Gasteiger partial charge >= 0.3 is 12.1 Å². The predicted octanol–water partition coefficient (Wildman–Crippen LogP) is 5.57. The quantitative estimate of drug-likeness (QED) is 0.386. The van der Waals surface area contributed by atoms with E-state index in [1.165, 1.54) is 24.5 Å². The number of benzene rings is 2. The fourth-order valence-corrected chi connectivity index (χ4v) is 3.24. The Morgan fingerprint density at radius 2 is 1.73 bits per heavy atom. The Labute approximate surface area is 196 Å². The average Bonchev–Trinajstić information content (AvgIpc) is 2.71. The first kappa shape index (κ1) is 24.3. The molecule has 0 aliphatic carbocycles. The van der Waals surface area contributed by atoms with Crippen LogP contribution in [0.4, 0.5) is 4.79 Å². The number of rotatable bonds is 5. The van der Waals surface area contributed by atoms with Gasteiger partial charge in [0.15, 0.2) is 5.43 Å². The predicted molar refractivity (Wildman–Crippen MR) is 127 cm³/mol. The molecule has 0 unspecified atom stereocenters. The lowest BCUT2D eigenvalue weighted by Crippen LogP contribution is -2.48. The van der Waals surface area contributed by atoms with Crippen LogP contribution in [0.2, 0.25) is 5.02 Å². The molecule has 0 aliphatic rings. The molecule has 33 heavy (non-hydrogen) atoms. The minimum atomic E-state index is -0.921. The Morgan fingerprint density at radius 1 is 1.06 bits per heavy atom. The van der Waals surface area contributed by atoms with E-state index in [2.05, 4.69) is 5.32 Å². The van der Waals surface area contributed by atoms with Crippen LogP contribution < -0.4 is 15.5 Å². The first-order valence-electron chi connectivity index (χ1n) is 10.5. The molecule has 0 spiro atoms. The van der Waals surface area contributed by atoms with Crippen LogP contribution in [-0.4, -0.2) is 23.7 Å². The average molecular weight is 472 g/mol. The molecule has 0 saturated carbocycles. The summed E-state index contributed by atoms with van der Waals surface area (Å²) in [5, 5.41) is 3.46. The van der Waals surface area contributed by atoms with Crippen molar-refractivity contribution in [2.75, 3.05) is 0 Å². The van der Waals surface area contributed by atoms with E-state index in [9.17, 15) is 14.4 Å². The molecule has 1 N–H and O–H groups in total. The second-order valence-corrected chi connectivity index (χ2v) is 9.37. The minimum absolute atomic E-state index is 0.187. The van der Waals surface area contributed by atoms with Crippen LogP contribution in [-0.2, 0) is 9.53 Å². The number of hydrogen-bond donors (Lipinski definition) is 1. The lowest BCUT2D eigenvalue weighted by atomic mass is 10.0. The Hall–Kier alpha value is -3.32. The number of alkyl carbamates (subject to hydrolysis) is 1. The van der Waals surface area contributed by atoms with Crippen molar-refractivity contribution < 1.29 is 23.5 Å². The summed E-state index contributed by atoms with van der Waals surface area (Å²) in [6.45, 7) is 8.76. The lowest BCUT2D eigenvalue weighted by Gasteiger charge is -2.24. The summed E-state index contributed by atoms with van der Waals surface area (Å²) in [6, 6.07) is 10.4. The van der Waals surface area contributed by atoms with Crippen LogP contribution in [0.1, 0.15) is 34.6 Å². The largest absolute Gasteiger partial charge is 0.463 e. The maximum absolute atomic E-state index is 12.9. The molecule has 3 rings (SSSR count). The van der Waals surface area contributed by atoms with E-state index in [4.69, 9.17) is 25.5 Å². The smallest absolute Gasteiger partial charge is 0.408 e. The zero-order valence-electron chi connectivity index (χ0n) is 19.1. The standard InChI is InChI=1S/C25H26ClNO6/c1-14(2)21(27-24(30)33-25(3,4)5)23(29)32-17-10-11-18-20(12-17)31-13-19(22(18)28)15-6-8-16(26)9-7-15/h6-14,21H,1-5H3,(H,27,30)/t21-/m1/s1. The maximum atomic E-state index is 12.9. The van der Waals surface area contributed by atoms with E-state index < -0.39 is 23.7 Å². The highest BCUT2D eigenvalue weighted by molar-refractivity contribution is 6.30. The van der Waals surface area contributed by atoms with Gasteiger partial charge in [-0.3, -0.25) is 4.79 Å². The second kappa shape index (κ2) is 9.67. The number of amides is 1. The summed E-state index contributed by atoms with van der Waals surface area (Å²) < 4.78 is 16.3. The van der Waals surface area contributed by atoms with Crippen molar-refractivity contribution >= 4 is 34.6 Å². The molecule has 2 aromatic carbocycles. The summed E-state index contributed by atoms with van der Waals surface area (Å²) in [5.74, 6) is -0.716. The summed E-state index contributed by atoms with van der Waals surface area (Å²) in [7, 11) is 0. The molecular formula is C25H26ClNO6. The molecule has 174 valence electrons. The molecular weight excluding hydrogens is 446 g/mol. The number of halogens is 1. The number of fused-ring (bicyclic) bond motifs is 1. The van der Waals surface area contributed by atoms with Gasteiger partial charge in [-0.2, -0.15) is 0 Å². The van der Waals surface area contributed by atoms with Crippen molar-refractivity contribution in [3.8, 4) is 16.9 Å². The number of nitrogens with one attached hydrogen (secondary N) is 1. The third-order valence-electron chi connectivity index (χ3n) is 4.71. The molecule has 7 nitrogen and oxygen atoms in total. The summed E-state index contributed by atoms with van der Waals surface area (Å²) in [4.78, 5) is 37.8. The molecule has 0 fully saturated rings. The van der Waals surface area contributed by atoms with Gasteiger partial charge in [0.25, 0.3) is 0 Å². The van der Waals surface area contributed by atoms with E-state index in [1.807, 2.05) is 0 Å². The van der Waals surface area contributed by atoms with Crippen LogP contribution in [0, 0.1) is 5.92 Å². The maximum Gasteiger partial charge on any atom is 0.408 e. The number of hydrogen-bond acceptors (Lipinski definition) is 6. The van der Waals surface area contributed by atoms with Crippen LogP contribution in [0.5, 0.6) is 5.75 Å². The fourth-order valence-electron chi connectivity index (χ4n) is 3.11. The normalized spacial score (nSPS) is 12.5. The van der Waals surface area contributed by atoms with Gasteiger partial charge in [-0.05, 0) is 56.5 Å². The number of carbonyl (C=O) groups excluding carboxylic acids is 2. The first-order valence-corrected chi connectivity index (χ1v) is 10.8. The zero-order valence-corrected chi connectivity index (χ0v) is 19.9. The Kier molecular flexibility index (Phi) is 7.12. The van der Waals surface area contributed by atoms with Crippen molar-refractivity contribution in [2.45, 2.75) is 46.3 Å².